The quantitative estimate of drug-likeness (QED) is 0.218. The third-order valence-electron chi connectivity index (χ3n) is 5.68. The van der Waals surface area contributed by atoms with Gasteiger partial charge in [0.05, 0.1) is 18.8 Å². The molecule has 204 valence electrons. The van der Waals surface area contributed by atoms with Gasteiger partial charge >= 0.3 is 12.1 Å². The second kappa shape index (κ2) is 13.7. The summed E-state index contributed by atoms with van der Waals surface area (Å²) in [5.74, 6) is 0.684. The van der Waals surface area contributed by atoms with Crippen molar-refractivity contribution in [3.8, 4) is 23.1 Å². The van der Waals surface area contributed by atoms with Gasteiger partial charge in [-0.3, -0.25) is 4.79 Å². The molecule has 0 saturated heterocycles. The highest BCUT2D eigenvalue weighted by molar-refractivity contribution is 5.69. The number of nitrogens with zero attached hydrogens (tertiary/aromatic N) is 1. The number of hydrogen-bond acceptors (Lipinski definition) is 6. The Kier molecular flexibility index (Phi) is 10.4. The maximum Gasteiger partial charge on any atom is 0.418 e. The molecule has 0 spiro atoms. The Morgan fingerprint density at radius 3 is 2.45 bits per heavy atom. The van der Waals surface area contributed by atoms with Crippen LogP contribution in [0, 0.1) is 0 Å². The molecule has 0 aliphatic rings. The van der Waals surface area contributed by atoms with Crippen molar-refractivity contribution < 1.29 is 36.9 Å². The summed E-state index contributed by atoms with van der Waals surface area (Å²) >= 11 is 0. The second-order valence-electron chi connectivity index (χ2n) is 8.59. The first-order chi connectivity index (χ1) is 18.2. The monoisotopic (exact) mass is 531 g/mol. The van der Waals surface area contributed by atoms with E-state index in [1.165, 1.54) is 0 Å². The number of para-hydroxylation sites is 1. The molecule has 6 nitrogen and oxygen atoms in total. The average Bonchev–Trinajstić information content (AvgIpc) is 2.89. The Hall–Kier alpha value is -3.75. The smallest absolute Gasteiger partial charge is 0.418 e. The van der Waals surface area contributed by atoms with Crippen molar-refractivity contribution in [1.82, 2.24) is 4.98 Å². The number of pyridine rings is 1. The maximum absolute atomic E-state index is 13.2. The van der Waals surface area contributed by atoms with Crippen LogP contribution in [0.5, 0.6) is 23.1 Å². The molecule has 0 N–H and O–H groups in total. The van der Waals surface area contributed by atoms with Crippen LogP contribution in [0.4, 0.5) is 13.2 Å². The molecule has 0 bridgehead atoms. The lowest BCUT2D eigenvalue weighted by molar-refractivity contribution is -0.143. The van der Waals surface area contributed by atoms with Crippen molar-refractivity contribution in [2.24, 2.45) is 0 Å². The lowest BCUT2D eigenvalue weighted by Gasteiger charge is -2.18. The van der Waals surface area contributed by atoms with Gasteiger partial charge in [-0.15, -0.1) is 0 Å². The SMILES string of the molecule is CCOC(=O)CCc1ccc(OCCC(C)Oc2ncc(C(F)(F)F)cc2Oc2ccccc2)cc1CC. The molecular weight excluding hydrogens is 499 g/mol. The van der Waals surface area contributed by atoms with E-state index in [2.05, 4.69) is 4.98 Å². The molecule has 1 atom stereocenters. The average molecular weight is 532 g/mol. The minimum atomic E-state index is -4.56. The fourth-order valence-electron chi connectivity index (χ4n) is 3.69. The van der Waals surface area contributed by atoms with E-state index in [0.29, 0.717) is 44.0 Å². The summed E-state index contributed by atoms with van der Waals surface area (Å²) in [5, 5.41) is 0. The molecule has 0 saturated carbocycles. The molecule has 0 amide bonds. The summed E-state index contributed by atoms with van der Waals surface area (Å²) in [6.45, 7) is 6.29. The summed E-state index contributed by atoms with van der Waals surface area (Å²) in [5.41, 5.74) is 1.24. The Morgan fingerprint density at radius 1 is 1.00 bits per heavy atom. The predicted molar refractivity (Wildman–Crippen MR) is 137 cm³/mol. The summed E-state index contributed by atoms with van der Waals surface area (Å²) in [4.78, 5) is 15.6. The topological polar surface area (TPSA) is 66.9 Å². The highest BCUT2D eigenvalue weighted by atomic mass is 19.4. The van der Waals surface area contributed by atoms with Gasteiger partial charge in [-0.05, 0) is 62.1 Å². The normalized spacial score (nSPS) is 12.1. The van der Waals surface area contributed by atoms with Gasteiger partial charge in [-0.1, -0.05) is 31.2 Å². The van der Waals surface area contributed by atoms with Crippen LogP contribution in [0.25, 0.3) is 0 Å². The van der Waals surface area contributed by atoms with Crippen LogP contribution in [0.3, 0.4) is 0 Å². The Bertz CT molecular complexity index is 1180. The van der Waals surface area contributed by atoms with Crippen molar-refractivity contribution in [2.75, 3.05) is 13.2 Å². The third kappa shape index (κ3) is 8.68. The fraction of sp³-hybridized carbons (Fsp3) is 0.379. The van der Waals surface area contributed by atoms with Gasteiger partial charge in [-0.25, -0.2) is 4.98 Å². The number of rotatable bonds is 13. The molecule has 9 heteroatoms. The van der Waals surface area contributed by atoms with Crippen LogP contribution in [0.1, 0.15) is 50.3 Å². The molecule has 1 unspecified atom stereocenters. The standard InChI is InChI=1S/C29H32F3NO5/c1-4-21-17-25(13-11-22(21)12-14-27(34)35-5-2)36-16-15-20(3)37-28-26(38-24-9-7-6-8-10-24)18-23(19-33-28)29(30,31)32/h6-11,13,17-20H,4-5,12,14-16H2,1-3H3. The summed E-state index contributed by atoms with van der Waals surface area (Å²) < 4.78 is 62.1. The van der Waals surface area contributed by atoms with E-state index >= 15 is 0 Å². The first-order valence-electron chi connectivity index (χ1n) is 12.6. The number of halogens is 3. The van der Waals surface area contributed by atoms with Crippen LogP contribution in [0.15, 0.2) is 60.8 Å². The zero-order valence-corrected chi connectivity index (χ0v) is 21.7. The van der Waals surface area contributed by atoms with Gasteiger partial charge in [0.25, 0.3) is 5.88 Å². The zero-order valence-electron chi connectivity index (χ0n) is 21.7. The van der Waals surface area contributed by atoms with Gasteiger partial charge in [0.2, 0.25) is 0 Å². The number of esters is 1. The van der Waals surface area contributed by atoms with Crippen LogP contribution in [0.2, 0.25) is 0 Å². The van der Waals surface area contributed by atoms with Crippen LogP contribution >= 0.6 is 0 Å². The highest BCUT2D eigenvalue weighted by Gasteiger charge is 2.32. The van der Waals surface area contributed by atoms with E-state index in [1.54, 1.807) is 44.2 Å². The van der Waals surface area contributed by atoms with E-state index in [-0.39, 0.29) is 17.6 Å². The van der Waals surface area contributed by atoms with Crippen LogP contribution < -0.4 is 14.2 Å². The first kappa shape index (κ1) is 28.8. The molecule has 38 heavy (non-hydrogen) atoms. The number of carbonyl (C=O) groups is 1. The molecule has 3 rings (SSSR count). The minimum Gasteiger partial charge on any atom is -0.493 e. The molecule has 2 aromatic carbocycles. The van der Waals surface area contributed by atoms with Crippen LogP contribution in [-0.4, -0.2) is 30.3 Å². The first-order valence-corrected chi connectivity index (χ1v) is 12.6. The molecule has 1 aromatic heterocycles. The third-order valence-corrected chi connectivity index (χ3v) is 5.68. The largest absolute Gasteiger partial charge is 0.493 e. The number of aryl methyl sites for hydroxylation is 2. The van der Waals surface area contributed by atoms with Crippen molar-refractivity contribution in [3.63, 3.8) is 0 Å². The van der Waals surface area contributed by atoms with Gasteiger partial charge < -0.3 is 18.9 Å². The molecule has 0 radical (unpaired) electrons. The maximum atomic E-state index is 13.2. The van der Waals surface area contributed by atoms with Crippen molar-refractivity contribution in [1.29, 1.82) is 0 Å². The van der Waals surface area contributed by atoms with Crippen molar-refractivity contribution in [2.45, 2.75) is 58.7 Å². The summed E-state index contributed by atoms with van der Waals surface area (Å²) in [7, 11) is 0. The van der Waals surface area contributed by atoms with E-state index in [0.717, 1.165) is 29.8 Å². The fourth-order valence-corrected chi connectivity index (χ4v) is 3.69. The molecule has 3 aromatic rings. The highest BCUT2D eigenvalue weighted by Crippen LogP contribution is 2.37. The summed E-state index contributed by atoms with van der Waals surface area (Å²) in [6.07, 6.45) is -2.08. The van der Waals surface area contributed by atoms with Crippen molar-refractivity contribution in [3.05, 3.63) is 77.5 Å². The van der Waals surface area contributed by atoms with Gasteiger partial charge in [-0.2, -0.15) is 13.2 Å². The Morgan fingerprint density at radius 2 is 1.76 bits per heavy atom. The number of aromatic nitrogens is 1. The number of alkyl halides is 3. The van der Waals surface area contributed by atoms with Crippen LogP contribution in [-0.2, 0) is 28.5 Å². The molecule has 1 heterocycles. The lowest BCUT2D eigenvalue weighted by atomic mass is 10.0. The second-order valence-corrected chi connectivity index (χ2v) is 8.59. The number of hydrogen-bond donors (Lipinski definition) is 0. The minimum absolute atomic E-state index is 0.0337. The summed E-state index contributed by atoms with van der Waals surface area (Å²) in [6, 6.07) is 15.1. The molecular formula is C29H32F3NO5. The lowest BCUT2D eigenvalue weighted by Crippen LogP contribution is -2.17. The van der Waals surface area contributed by atoms with E-state index < -0.39 is 17.8 Å². The number of benzene rings is 2. The zero-order chi connectivity index (χ0) is 27.5. The van der Waals surface area contributed by atoms with E-state index in [1.807, 2.05) is 25.1 Å². The predicted octanol–water partition coefficient (Wildman–Crippen LogP) is 7.19. The number of carbonyl (C=O) groups excluding carboxylic acids is 1. The van der Waals surface area contributed by atoms with E-state index in [4.69, 9.17) is 18.9 Å². The van der Waals surface area contributed by atoms with E-state index in [9.17, 15) is 18.0 Å². The van der Waals surface area contributed by atoms with Gasteiger partial charge in [0.15, 0.2) is 5.75 Å². The van der Waals surface area contributed by atoms with Crippen molar-refractivity contribution >= 4 is 5.97 Å². The molecule has 0 aliphatic heterocycles. The van der Waals surface area contributed by atoms with Gasteiger partial charge in [0.1, 0.15) is 17.6 Å². The van der Waals surface area contributed by atoms with Gasteiger partial charge in [0, 0.05) is 25.1 Å². The Balaban J connectivity index is 1.60. The Labute approximate surface area is 220 Å². The molecule has 0 fully saturated rings. The number of ether oxygens (including phenoxy) is 4. The molecule has 0 aliphatic carbocycles.